The van der Waals surface area contributed by atoms with E-state index in [9.17, 15) is 19.3 Å². The van der Waals surface area contributed by atoms with Gasteiger partial charge >= 0.3 is 0 Å². The van der Waals surface area contributed by atoms with E-state index in [1.165, 1.54) is 12.5 Å². The number of nitro groups is 1. The highest BCUT2D eigenvalue weighted by Crippen LogP contribution is 2.22. The molecule has 0 aliphatic rings. The lowest BCUT2D eigenvalue weighted by molar-refractivity contribution is -0.385. The molecule has 0 fully saturated rings. The number of carbonyl (C=O) groups is 1. The van der Waals surface area contributed by atoms with E-state index in [1.807, 2.05) is 30.3 Å². The molecule has 0 bridgehead atoms. The second-order valence-electron chi connectivity index (χ2n) is 5.20. The van der Waals surface area contributed by atoms with Gasteiger partial charge in [-0.15, -0.1) is 0 Å². The van der Waals surface area contributed by atoms with E-state index in [-0.39, 0.29) is 16.8 Å². The van der Waals surface area contributed by atoms with Crippen molar-refractivity contribution in [1.82, 2.24) is 5.32 Å². The Labute approximate surface area is 133 Å². The maximum Gasteiger partial charge on any atom is 0.276 e. The van der Waals surface area contributed by atoms with E-state index in [2.05, 4.69) is 5.32 Å². The van der Waals surface area contributed by atoms with Gasteiger partial charge in [0.15, 0.2) is 0 Å². The Kier molecular flexibility index (Phi) is 5.41. The minimum absolute atomic E-state index is 0.0421. The zero-order valence-corrected chi connectivity index (χ0v) is 12.7. The molecular formula is C17H17FN2O3. The first-order valence-corrected chi connectivity index (χ1v) is 7.25. The zero-order valence-electron chi connectivity index (χ0n) is 12.7. The van der Waals surface area contributed by atoms with Gasteiger partial charge in [0, 0.05) is 18.2 Å². The van der Waals surface area contributed by atoms with E-state index in [4.69, 9.17) is 0 Å². The molecule has 120 valence electrons. The monoisotopic (exact) mass is 316 g/mol. The van der Waals surface area contributed by atoms with Crippen LogP contribution >= 0.6 is 0 Å². The van der Waals surface area contributed by atoms with Crippen molar-refractivity contribution in [1.29, 1.82) is 0 Å². The van der Waals surface area contributed by atoms with Crippen LogP contribution in [0.4, 0.5) is 10.1 Å². The van der Waals surface area contributed by atoms with E-state index in [0.717, 1.165) is 25.0 Å². The van der Waals surface area contributed by atoms with Crippen LogP contribution in [0.1, 0.15) is 27.9 Å². The predicted octanol–water partition coefficient (Wildman–Crippen LogP) is 3.40. The normalized spacial score (nSPS) is 10.3. The molecule has 1 N–H and O–H groups in total. The van der Waals surface area contributed by atoms with Crippen molar-refractivity contribution >= 4 is 11.6 Å². The molecular weight excluding hydrogens is 299 g/mol. The standard InChI is InChI=1S/C17H17FN2O3/c1-12-15(18)10-14(11-16(12)20(22)23)17(21)19-9-5-8-13-6-3-2-4-7-13/h2-4,6-7,10-11H,5,8-9H2,1H3,(H,19,21). The second-order valence-corrected chi connectivity index (χ2v) is 5.20. The largest absolute Gasteiger partial charge is 0.352 e. The fourth-order valence-electron chi connectivity index (χ4n) is 2.23. The van der Waals surface area contributed by atoms with Crippen molar-refractivity contribution in [3.8, 4) is 0 Å². The molecule has 0 aromatic heterocycles. The fraction of sp³-hybridized carbons (Fsp3) is 0.235. The summed E-state index contributed by atoms with van der Waals surface area (Å²) in [7, 11) is 0. The third kappa shape index (κ3) is 4.35. The Hall–Kier alpha value is -2.76. The van der Waals surface area contributed by atoms with Gasteiger partial charge in [0.2, 0.25) is 0 Å². The number of nitro benzene ring substituents is 1. The number of benzene rings is 2. The van der Waals surface area contributed by atoms with Gasteiger partial charge in [0.1, 0.15) is 5.82 Å². The van der Waals surface area contributed by atoms with Crippen molar-refractivity contribution in [3.05, 3.63) is 75.1 Å². The van der Waals surface area contributed by atoms with E-state index in [1.54, 1.807) is 0 Å². The van der Waals surface area contributed by atoms with Crippen LogP contribution in [-0.4, -0.2) is 17.4 Å². The Bertz CT molecular complexity index is 717. The first-order valence-electron chi connectivity index (χ1n) is 7.25. The van der Waals surface area contributed by atoms with Gasteiger partial charge in [-0.2, -0.15) is 0 Å². The van der Waals surface area contributed by atoms with Gasteiger partial charge in [-0.3, -0.25) is 14.9 Å². The maximum atomic E-state index is 13.7. The number of hydrogen-bond acceptors (Lipinski definition) is 3. The number of nitrogens with zero attached hydrogens (tertiary/aromatic N) is 1. The topological polar surface area (TPSA) is 72.2 Å². The Morgan fingerprint density at radius 2 is 1.96 bits per heavy atom. The molecule has 0 spiro atoms. The van der Waals surface area contributed by atoms with Crippen molar-refractivity contribution in [2.45, 2.75) is 19.8 Å². The quantitative estimate of drug-likeness (QED) is 0.504. The lowest BCUT2D eigenvalue weighted by Crippen LogP contribution is -2.25. The molecule has 0 saturated heterocycles. The summed E-state index contributed by atoms with van der Waals surface area (Å²) in [6, 6.07) is 12.0. The van der Waals surface area contributed by atoms with Crippen LogP contribution in [0.5, 0.6) is 0 Å². The van der Waals surface area contributed by atoms with Gasteiger partial charge in [-0.1, -0.05) is 30.3 Å². The Morgan fingerprint density at radius 3 is 2.61 bits per heavy atom. The highest BCUT2D eigenvalue weighted by Gasteiger charge is 2.19. The van der Waals surface area contributed by atoms with Crippen molar-refractivity contribution < 1.29 is 14.1 Å². The smallest absolute Gasteiger partial charge is 0.276 e. The van der Waals surface area contributed by atoms with Gasteiger partial charge in [-0.25, -0.2) is 4.39 Å². The third-order valence-corrected chi connectivity index (χ3v) is 3.55. The summed E-state index contributed by atoms with van der Waals surface area (Å²) in [6.45, 7) is 1.73. The number of halogens is 1. The summed E-state index contributed by atoms with van der Waals surface area (Å²) in [4.78, 5) is 22.2. The lowest BCUT2D eigenvalue weighted by Gasteiger charge is -2.07. The summed E-state index contributed by atoms with van der Waals surface area (Å²) in [5.74, 6) is -1.27. The number of aryl methyl sites for hydroxylation is 1. The molecule has 5 nitrogen and oxygen atoms in total. The number of rotatable bonds is 6. The molecule has 2 aromatic carbocycles. The molecule has 0 aliphatic heterocycles. The molecule has 6 heteroatoms. The molecule has 1 amide bonds. The fourth-order valence-corrected chi connectivity index (χ4v) is 2.23. The highest BCUT2D eigenvalue weighted by molar-refractivity contribution is 5.95. The number of amides is 1. The van der Waals surface area contributed by atoms with E-state index >= 15 is 0 Å². The average Bonchev–Trinajstić information content (AvgIpc) is 2.54. The minimum atomic E-state index is -0.756. The zero-order chi connectivity index (χ0) is 16.8. The molecule has 0 atom stereocenters. The van der Waals surface area contributed by atoms with Crippen LogP contribution in [0.25, 0.3) is 0 Å². The van der Waals surface area contributed by atoms with Gasteiger partial charge in [-0.05, 0) is 31.4 Å². The van der Waals surface area contributed by atoms with Crippen LogP contribution in [0.15, 0.2) is 42.5 Å². The van der Waals surface area contributed by atoms with E-state index in [0.29, 0.717) is 6.54 Å². The van der Waals surface area contributed by atoms with E-state index < -0.39 is 16.6 Å². The molecule has 2 aromatic rings. The first kappa shape index (κ1) is 16.6. The Balaban J connectivity index is 1.94. The predicted molar refractivity (Wildman–Crippen MR) is 84.9 cm³/mol. The van der Waals surface area contributed by atoms with Crippen molar-refractivity contribution in [3.63, 3.8) is 0 Å². The lowest BCUT2D eigenvalue weighted by atomic mass is 10.1. The second kappa shape index (κ2) is 7.49. The number of nitrogens with one attached hydrogen (secondary N) is 1. The summed E-state index contributed by atoms with van der Waals surface area (Å²) >= 11 is 0. The summed E-state index contributed by atoms with van der Waals surface area (Å²) in [6.07, 6.45) is 1.54. The van der Waals surface area contributed by atoms with Crippen LogP contribution < -0.4 is 5.32 Å². The third-order valence-electron chi connectivity index (χ3n) is 3.55. The minimum Gasteiger partial charge on any atom is -0.352 e. The molecule has 0 aliphatic carbocycles. The Morgan fingerprint density at radius 1 is 1.26 bits per heavy atom. The van der Waals surface area contributed by atoms with Crippen LogP contribution in [-0.2, 0) is 6.42 Å². The van der Waals surface area contributed by atoms with Crippen molar-refractivity contribution in [2.75, 3.05) is 6.54 Å². The van der Waals surface area contributed by atoms with Crippen LogP contribution in [0, 0.1) is 22.9 Å². The van der Waals surface area contributed by atoms with Crippen LogP contribution in [0.3, 0.4) is 0 Å². The summed E-state index contributed by atoms with van der Waals surface area (Å²) < 4.78 is 13.7. The first-order chi connectivity index (χ1) is 11.0. The molecule has 0 heterocycles. The maximum absolute atomic E-state index is 13.7. The van der Waals surface area contributed by atoms with Gasteiger partial charge in [0.05, 0.1) is 10.5 Å². The van der Waals surface area contributed by atoms with Gasteiger partial charge < -0.3 is 5.32 Å². The average molecular weight is 316 g/mol. The number of carbonyl (C=O) groups excluding carboxylic acids is 1. The number of hydrogen-bond donors (Lipinski definition) is 1. The SMILES string of the molecule is Cc1c(F)cc(C(=O)NCCCc2ccccc2)cc1[N+](=O)[O-]. The molecule has 0 unspecified atom stereocenters. The highest BCUT2D eigenvalue weighted by atomic mass is 19.1. The summed E-state index contributed by atoms with van der Waals surface area (Å²) in [5.41, 5.74) is 0.661. The molecule has 0 radical (unpaired) electrons. The summed E-state index contributed by atoms with van der Waals surface area (Å²) in [5, 5.41) is 13.5. The van der Waals surface area contributed by atoms with Gasteiger partial charge in [0.25, 0.3) is 11.6 Å². The van der Waals surface area contributed by atoms with Crippen LogP contribution in [0.2, 0.25) is 0 Å². The van der Waals surface area contributed by atoms with Crippen molar-refractivity contribution in [2.24, 2.45) is 0 Å². The molecule has 2 rings (SSSR count). The molecule has 0 saturated carbocycles. The molecule has 23 heavy (non-hydrogen) atoms.